The molecule has 0 saturated carbocycles. The predicted molar refractivity (Wildman–Crippen MR) is 57.8 cm³/mol. The number of ketones is 1. The minimum Gasteiger partial charge on any atom is -0.466 e. The molecule has 8 heteroatoms. The lowest BCUT2D eigenvalue weighted by atomic mass is 10.3. The summed E-state index contributed by atoms with van der Waals surface area (Å²) in [7, 11) is 0. The molecule has 1 heterocycles. The van der Waals surface area contributed by atoms with Crippen molar-refractivity contribution >= 4 is 23.6 Å². The number of hydrogen-bond acceptors (Lipinski definition) is 7. The molecule has 0 unspecified atom stereocenters. The largest absolute Gasteiger partial charge is 0.466 e. The summed E-state index contributed by atoms with van der Waals surface area (Å²) < 4.78 is 4.54. The highest BCUT2D eigenvalue weighted by molar-refractivity contribution is 6.39. The zero-order valence-electron chi connectivity index (χ0n) is 9.41. The number of ether oxygens (including phenoxy) is 1. The number of nitrogens with zero attached hydrogens (tertiary/aromatic N) is 1. The molecule has 0 aromatic rings. The molecule has 0 radical (unpaired) electrons. The van der Waals surface area contributed by atoms with Crippen LogP contribution in [-0.4, -0.2) is 43.3 Å². The number of hydrogen-bond donors (Lipinski definition) is 3. The topological polar surface area (TPSA) is 109 Å². The highest BCUT2D eigenvalue weighted by Crippen LogP contribution is 1.88. The van der Waals surface area contributed by atoms with E-state index >= 15 is 0 Å². The van der Waals surface area contributed by atoms with Crippen molar-refractivity contribution in [2.45, 2.75) is 13.3 Å². The maximum atomic E-state index is 11.2. The summed E-state index contributed by atoms with van der Waals surface area (Å²) in [5.41, 5.74) is 4.57. The molecule has 8 nitrogen and oxygen atoms in total. The Balaban J connectivity index is 2.26. The van der Waals surface area contributed by atoms with Crippen LogP contribution in [0.5, 0.6) is 0 Å². The Kier molecular flexibility index (Phi) is 4.92. The normalized spacial score (nSPS) is 13.4. The van der Waals surface area contributed by atoms with Gasteiger partial charge in [0.2, 0.25) is 11.7 Å². The molecule has 94 valence electrons. The number of aliphatic imine (C=N–C) groups is 1. The van der Waals surface area contributed by atoms with Gasteiger partial charge in [-0.25, -0.2) is 0 Å². The van der Waals surface area contributed by atoms with E-state index < -0.39 is 24.1 Å². The van der Waals surface area contributed by atoms with E-state index in [9.17, 15) is 14.4 Å². The van der Waals surface area contributed by atoms with Crippen molar-refractivity contribution in [2.24, 2.45) is 4.99 Å². The van der Waals surface area contributed by atoms with E-state index in [0.717, 1.165) is 0 Å². The average molecular weight is 242 g/mol. The summed E-state index contributed by atoms with van der Waals surface area (Å²) in [5, 5.41) is 2.83. The standard InChI is InChI=1S/C9H14N4O4/c1-2-17-7(15)5-6(14)8(16)12-13-9-10-3-4-11-9/h2-5H2,1H3,(H,12,16)(H2,10,11,13). The van der Waals surface area contributed by atoms with E-state index in [-0.39, 0.29) is 6.61 Å². The lowest BCUT2D eigenvalue weighted by Crippen LogP contribution is -2.48. The SMILES string of the molecule is CCOC(=O)CC(=O)C(=O)NNC1=NCCN1. The molecule has 0 spiro atoms. The quantitative estimate of drug-likeness (QED) is 0.230. The first-order valence-corrected chi connectivity index (χ1v) is 5.16. The fourth-order valence-electron chi connectivity index (χ4n) is 1.09. The molecule has 0 aromatic carbocycles. The molecular weight excluding hydrogens is 228 g/mol. The van der Waals surface area contributed by atoms with Crippen molar-refractivity contribution in [1.29, 1.82) is 0 Å². The molecule has 0 aromatic heterocycles. The monoisotopic (exact) mass is 242 g/mol. The Morgan fingerprint density at radius 3 is 2.82 bits per heavy atom. The van der Waals surface area contributed by atoms with E-state index in [1.54, 1.807) is 6.92 Å². The summed E-state index contributed by atoms with van der Waals surface area (Å²) in [6, 6.07) is 0. The maximum absolute atomic E-state index is 11.2. The van der Waals surface area contributed by atoms with Crippen molar-refractivity contribution in [3.8, 4) is 0 Å². The van der Waals surface area contributed by atoms with Gasteiger partial charge in [0, 0.05) is 6.54 Å². The van der Waals surface area contributed by atoms with Crippen LogP contribution in [0.2, 0.25) is 0 Å². The van der Waals surface area contributed by atoms with E-state index in [0.29, 0.717) is 19.0 Å². The molecule has 0 bridgehead atoms. The first-order valence-electron chi connectivity index (χ1n) is 5.16. The third kappa shape index (κ3) is 4.49. The summed E-state index contributed by atoms with van der Waals surface area (Å²) >= 11 is 0. The van der Waals surface area contributed by atoms with Crippen molar-refractivity contribution in [3.05, 3.63) is 0 Å². The minimum absolute atomic E-state index is 0.173. The smallest absolute Gasteiger partial charge is 0.313 e. The Bertz CT molecular complexity index is 353. The molecular formula is C9H14N4O4. The maximum Gasteiger partial charge on any atom is 0.313 e. The number of carbonyl (C=O) groups is 3. The highest BCUT2D eigenvalue weighted by Gasteiger charge is 2.18. The zero-order valence-corrected chi connectivity index (χ0v) is 9.41. The van der Waals surface area contributed by atoms with Crippen molar-refractivity contribution < 1.29 is 19.1 Å². The first-order chi connectivity index (χ1) is 8.13. The van der Waals surface area contributed by atoms with Crippen molar-refractivity contribution in [1.82, 2.24) is 16.2 Å². The number of esters is 1. The minimum atomic E-state index is -0.908. The van der Waals surface area contributed by atoms with Gasteiger partial charge in [-0.1, -0.05) is 0 Å². The summed E-state index contributed by atoms with van der Waals surface area (Å²) in [5.74, 6) is -2.10. The highest BCUT2D eigenvalue weighted by atomic mass is 16.5. The Hall–Kier alpha value is -2.12. The first kappa shape index (κ1) is 12.9. The molecule has 0 atom stereocenters. The molecule has 1 amide bonds. The fourth-order valence-corrected chi connectivity index (χ4v) is 1.09. The van der Waals surface area contributed by atoms with Crippen LogP contribution in [0.4, 0.5) is 0 Å². The summed E-state index contributed by atoms with van der Waals surface area (Å²) in [6.07, 6.45) is -0.568. The van der Waals surface area contributed by atoms with Crippen LogP contribution in [0.15, 0.2) is 4.99 Å². The van der Waals surface area contributed by atoms with Crippen LogP contribution in [0, 0.1) is 0 Å². The fraction of sp³-hybridized carbons (Fsp3) is 0.556. The third-order valence-electron chi connectivity index (χ3n) is 1.83. The molecule has 17 heavy (non-hydrogen) atoms. The van der Waals surface area contributed by atoms with E-state index in [1.807, 2.05) is 0 Å². The lowest BCUT2D eigenvalue weighted by molar-refractivity contribution is -0.149. The van der Waals surface area contributed by atoms with Gasteiger partial charge in [-0.2, -0.15) is 0 Å². The van der Waals surface area contributed by atoms with Gasteiger partial charge in [-0.05, 0) is 6.92 Å². The summed E-state index contributed by atoms with van der Waals surface area (Å²) in [4.78, 5) is 37.3. The van der Waals surface area contributed by atoms with Crippen LogP contribution in [-0.2, 0) is 19.1 Å². The van der Waals surface area contributed by atoms with E-state index in [4.69, 9.17) is 0 Å². The molecule has 0 aliphatic carbocycles. The van der Waals surface area contributed by atoms with Crippen LogP contribution < -0.4 is 16.2 Å². The lowest BCUT2D eigenvalue weighted by Gasteiger charge is -2.07. The van der Waals surface area contributed by atoms with E-state index in [2.05, 4.69) is 25.9 Å². The zero-order chi connectivity index (χ0) is 12.7. The molecule has 3 N–H and O–H groups in total. The van der Waals surface area contributed by atoms with Gasteiger partial charge in [0.15, 0.2) is 0 Å². The number of nitrogens with one attached hydrogen (secondary N) is 3. The Morgan fingerprint density at radius 1 is 1.47 bits per heavy atom. The number of amides is 1. The number of rotatable bonds is 4. The van der Waals surface area contributed by atoms with Gasteiger partial charge >= 0.3 is 11.9 Å². The Labute approximate surface area is 97.8 Å². The molecule has 0 saturated heterocycles. The van der Waals surface area contributed by atoms with Crippen LogP contribution in [0.1, 0.15) is 13.3 Å². The number of carbonyl (C=O) groups excluding carboxylic acids is 3. The second kappa shape index (κ2) is 6.46. The number of guanidine groups is 1. The Morgan fingerprint density at radius 2 is 2.24 bits per heavy atom. The average Bonchev–Trinajstić information content (AvgIpc) is 2.78. The third-order valence-corrected chi connectivity index (χ3v) is 1.83. The van der Waals surface area contributed by atoms with Gasteiger partial charge in [0.05, 0.1) is 13.2 Å². The van der Waals surface area contributed by atoms with Gasteiger partial charge < -0.3 is 10.1 Å². The van der Waals surface area contributed by atoms with Crippen LogP contribution >= 0.6 is 0 Å². The molecule has 1 aliphatic rings. The van der Waals surface area contributed by atoms with E-state index in [1.165, 1.54) is 0 Å². The van der Waals surface area contributed by atoms with Crippen LogP contribution in [0.3, 0.4) is 0 Å². The molecule has 0 fully saturated rings. The van der Waals surface area contributed by atoms with Gasteiger partial charge in [0.1, 0.15) is 6.42 Å². The van der Waals surface area contributed by atoms with Gasteiger partial charge in [-0.15, -0.1) is 0 Å². The number of Topliss-reactive ketones (excluding diaryl/α,β-unsaturated/α-hetero) is 1. The van der Waals surface area contributed by atoms with Gasteiger partial charge in [-0.3, -0.25) is 30.2 Å². The molecule has 1 rings (SSSR count). The molecule has 1 aliphatic heterocycles. The van der Waals surface area contributed by atoms with Crippen molar-refractivity contribution in [2.75, 3.05) is 19.7 Å². The second-order valence-electron chi connectivity index (χ2n) is 3.14. The second-order valence-corrected chi connectivity index (χ2v) is 3.14. The van der Waals surface area contributed by atoms with Crippen molar-refractivity contribution in [3.63, 3.8) is 0 Å². The number of hydrazine groups is 1. The van der Waals surface area contributed by atoms with Crippen LogP contribution in [0.25, 0.3) is 0 Å². The van der Waals surface area contributed by atoms with Gasteiger partial charge in [0.25, 0.3) is 0 Å². The predicted octanol–water partition coefficient (Wildman–Crippen LogP) is -1.91. The summed E-state index contributed by atoms with van der Waals surface area (Å²) in [6.45, 7) is 3.07.